The Morgan fingerprint density at radius 2 is 1.85 bits per heavy atom. The summed E-state index contributed by atoms with van der Waals surface area (Å²) in [5.41, 5.74) is 6.75. The molecule has 0 amide bonds. The maximum atomic E-state index is 9.27. The maximum Gasteiger partial charge on any atom is 0.0704 e. The summed E-state index contributed by atoms with van der Waals surface area (Å²) in [5, 5.41) is 9.27. The van der Waals surface area contributed by atoms with Crippen molar-refractivity contribution in [2.45, 2.75) is 24.0 Å². The molecule has 0 bridgehead atoms. The zero-order valence-electron chi connectivity index (χ0n) is 7.90. The maximum absolute atomic E-state index is 9.27. The number of thioether (sulfide) groups is 1. The van der Waals surface area contributed by atoms with Gasteiger partial charge in [-0.1, -0.05) is 12.1 Å². The van der Waals surface area contributed by atoms with Crippen molar-refractivity contribution in [2.75, 3.05) is 6.26 Å². The van der Waals surface area contributed by atoms with E-state index in [-0.39, 0.29) is 6.04 Å². The van der Waals surface area contributed by atoms with Crippen LogP contribution in [-0.4, -0.2) is 17.5 Å². The predicted molar refractivity (Wildman–Crippen MR) is 56.8 cm³/mol. The third-order valence-corrected chi connectivity index (χ3v) is 2.76. The van der Waals surface area contributed by atoms with E-state index >= 15 is 0 Å². The molecule has 1 rings (SSSR count). The van der Waals surface area contributed by atoms with Gasteiger partial charge in [0.15, 0.2) is 0 Å². The number of aliphatic hydroxyl groups excluding tert-OH is 1. The zero-order valence-corrected chi connectivity index (χ0v) is 8.71. The lowest BCUT2D eigenvalue weighted by atomic mass is 10.0. The Morgan fingerprint density at radius 1 is 1.31 bits per heavy atom. The minimum Gasteiger partial charge on any atom is -0.391 e. The van der Waals surface area contributed by atoms with E-state index in [1.807, 2.05) is 30.5 Å². The molecule has 0 heterocycles. The quantitative estimate of drug-likeness (QED) is 0.726. The van der Waals surface area contributed by atoms with Crippen molar-refractivity contribution >= 4 is 11.8 Å². The minimum absolute atomic E-state index is 0.282. The molecule has 0 saturated carbocycles. The van der Waals surface area contributed by atoms with Gasteiger partial charge in [0.25, 0.3) is 0 Å². The summed E-state index contributed by atoms with van der Waals surface area (Å²) in [6.07, 6.45) is 1.53. The Hall–Kier alpha value is -0.510. The molecule has 1 unspecified atom stereocenters. The molecule has 3 N–H and O–H groups in total. The highest BCUT2D eigenvalue weighted by atomic mass is 32.2. The lowest BCUT2D eigenvalue weighted by molar-refractivity contribution is 0.164. The van der Waals surface area contributed by atoms with E-state index in [4.69, 9.17) is 5.73 Å². The van der Waals surface area contributed by atoms with Crippen molar-refractivity contribution < 1.29 is 5.11 Å². The molecule has 13 heavy (non-hydrogen) atoms. The van der Waals surface area contributed by atoms with Crippen molar-refractivity contribution in [3.8, 4) is 0 Å². The molecular formula is C10H15NOS. The van der Waals surface area contributed by atoms with Crippen LogP contribution in [0.2, 0.25) is 0 Å². The van der Waals surface area contributed by atoms with E-state index in [1.165, 1.54) is 4.90 Å². The summed E-state index contributed by atoms with van der Waals surface area (Å²) >= 11 is 1.69. The van der Waals surface area contributed by atoms with Crippen LogP contribution in [0.1, 0.15) is 18.5 Å². The van der Waals surface area contributed by atoms with E-state index in [9.17, 15) is 5.11 Å². The fourth-order valence-corrected chi connectivity index (χ4v) is 1.51. The van der Waals surface area contributed by atoms with Gasteiger partial charge in [0, 0.05) is 4.90 Å². The summed E-state index contributed by atoms with van der Waals surface area (Å²) < 4.78 is 0. The largest absolute Gasteiger partial charge is 0.391 e. The van der Waals surface area contributed by atoms with Gasteiger partial charge < -0.3 is 10.8 Å². The number of nitrogens with two attached hydrogens (primary N) is 1. The number of aliphatic hydroxyl groups is 1. The fourth-order valence-electron chi connectivity index (χ4n) is 1.10. The highest BCUT2D eigenvalue weighted by Gasteiger charge is 2.10. The van der Waals surface area contributed by atoms with Gasteiger partial charge >= 0.3 is 0 Å². The minimum atomic E-state index is -0.500. The van der Waals surface area contributed by atoms with Crippen LogP contribution in [0.3, 0.4) is 0 Å². The number of benzene rings is 1. The van der Waals surface area contributed by atoms with Gasteiger partial charge in [-0.15, -0.1) is 11.8 Å². The first kappa shape index (κ1) is 10.6. The van der Waals surface area contributed by atoms with E-state index in [0.717, 1.165) is 5.56 Å². The monoisotopic (exact) mass is 197 g/mol. The molecule has 2 atom stereocenters. The molecule has 2 nitrogen and oxygen atoms in total. The molecule has 3 heteroatoms. The van der Waals surface area contributed by atoms with Gasteiger partial charge in [0.1, 0.15) is 0 Å². The van der Waals surface area contributed by atoms with E-state index in [1.54, 1.807) is 18.7 Å². The molecule has 0 aliphatic carbocycles. The predicted octanol–water partition coefficient (Wildman–Crippen LogP) is 1.79. The van der Waals surface area contributed by atoms with Crippen LogP contribution < -0.4 is 5.73 Å². The Bertz CT molecular complexity index is 258. The second-order valence-corrected chi connectivity index (χ2v) is 3.92. The fraction of sp³-hybridized carbons (Fsp3) is 0.400. The van der Waals surface area contributed by atoms with Gasteiger partial charge in [0.05, 0.1) is 12.1 Å². The topological polar surface area (TPSA) is 46.2 Å². The first-order chi connectivity index (χ1) is 6.15. The average molecular weight is 197 g/mol. The normalized spacial score (nSPS) is 15.4. The first-order valence-electron chi connectivity index (χ1n) is 4.22. The molecule has 0 radical (unpaired) electrons. The van der Waals surface area contributed by atoms with Crippen LogP contribution in [0.25, 0.3) is 0 Å². The molecular weight excluding hydrogens is 182 g/mol. The summed E-state index contributed by atoms with van der Waals surface area (Å²) in [7, 11) is 0. The first-order valence-corrected chi connectivity index (χ1v) is 5.45. The molecule has 0 saturated heterocycles. The third kappa shape index (κ3) is 2.72. The van der Waals surface area contributed by atoms with Crippen LogP contribution in [-0.2, 0) is 0 Å². The molecule has 0 fully saturated rings. The smallest absolute Gasteiger partial charge is 0.0704 e. The second kappa shape index (κ2) is 4.65. The molecule has 0 aliphatic rings. The van der Waals surface area contributed by atoms with Crippen LogP contribution in [0.4, 0.5) is 0 Å². The number of hydrogen-bond acceptors (Lipinski definition) is 3. The van der Waals surface area contributed by atoms with Crippen molar-refractivity contribution in [3.63, 3.8) is 0 Å². The molecule has 0 spiro atoms. The van der Waals surface area contributed by atoms with Crippen molar-refractivity contribution in [2.24, 2.45) is 5.73 Å². The third-order valence-electron chi connectivity index (χ3n) is 2.02. The van der Waals surface area contributed by atoms with Crippen LogP contribution in [0.5, 0.6) is 0 Å². The summed E-state index contributed by atoms with van der Waals surface area (Å²) in [4.78, 5) is 1.21. The summed E-state index contributed by atoms with van der Waals surface area (Å²) in [5.74, 6) is 0. The highest BCUT2D eigenvalue weighted by molar-refractivity contribution is 7.98. The van der Waals surface area contributed by atoms with Crippen LogP contribution in [0, 0.1) is 0 Å². The Kier molecular flexibility index (Phi) is 3.78. The van der Waals surface area contributed by atoms with Gasteiger partial charge in [-0.2, -0.15) is 0 Å². The Labute approximate surface area is 83.1 Å². The Balaban J connectivity index is 2.79. The number of rotatable bonds is 3. The lowest BCUT2D eigenvalue weighted by Crippen LogP contribution is -2.22. The highest BCUT2D eigenvalue weighted by Crippen LogP contribution is 2.19. The summed E-state index contributed by atoms with van der Waals surface area (Å²) in [6.45, 7) is 1.70. The van der Waals surface area contributed by atoms with Crippen LogP contribution in [0.15, 0.2) is 29.2 Å². The SMILES string of the molecule is CSc1ccc([C@H](N)C(C)O)cc1. The zero-order chi connectivity index (χ0) is 9.84. The van der Waals surface area contributed by atoms with E-state index in [0.29, 0.717) is 0 Å². The summed E-state index contributed by atoms with van der Waals surface area (Å²) in [6, 6.07) is 7.67. The molecule has 1 aromatic rings. The van der Waals surface area contributed by atoms with Gasteiger partial charge in [0.2, 0.25) is 0 Å². The molecule has 0 aromatic heterocycles. The van der Waals surface area contributed by atoms with E-state index in [2.05, 4.69) is 0 Å². The van der Waals surface area contributed by atoms with Gasteiger partial charge in [-0.25, -0.2) is 0 Å². The van der Waals surface area contributed by atoms with Gasteiger partial charge in [-0.3, -0.25) is 0 Å². The van der Waals surface area contributed by atoms with Crippen LogP contribution >= 0.6 is 11.8 Å². The molecule has 72 valence electrons. The molecule has 0 aliphatic heterocycles. The van der Waals surface area contributed by atoms with Crippen molar-refractivity contribution in [3.05, 3.63) is 29.8 Å². The second-order valence-electron chi connectivity index (χ2n) is 3.04. The standard InChI is InChI=1S/C10H15NOS/c1-7(12)10(11)8-3-5-9(13-2)6-4-8/h3-7,10,12H,11H2,1-2H3/t7?,10-/m1/s1. The van der Waals surface area contributed by atoms with Crippen molar-refractivity contribution in [1.82, 2.24) is 0 Å². The number of hydrogen-bond donors (Lipinski definition) is 2. The average Bonchev–Trinajstić information content (AvgIpc) is 2.17. The van der Waals surface area contributed by atoms with Gasteiger partial charge in [-0.05, 0) is 30.9 Å². The lowest BCUT2D eigenvalue weighted by Gasteiger charge is -2.14. The molecule has 1 aromatic carbocycles. The van der Waals surface area contributed by atoms with E-state index < -0.39 is 6.10 Å². The van der Waals surface area contributed by atoms with Crippen molar-refractivity contribution in [1.29, 1.82) is 0 Å². The Morgan fingerprint density at radius 3 is 2.23 bits per heavy atom.